The summed E-state index contributed by atoms with van der Waals surface area (Å²) in [5.41, 5.74) is 4.82. The molecule has 0 unspecified atom stereocenters. The van der Waals surface area contributed by atoms with Gasteiger partial charge in [0, 0.05) is 5.69 Å². The molecule has 1 amide bonds. The van der Waals surface area contributed by atoms with E-state index in [1.165, 1.54) is 0 Å². The summed E-state index contributed by atoms with van der Waals surface area (Å²) >= 11 is 0. The highest BCUT2D eigenvalue weighted by Gasteiger charge is 2.13. The first-order chi connectivity index (χ1) is 14.0. The number of anilines is 3. The van der Waals surface area contributed by atoms with E-state index in [4.69, 9.17) is 4.74 Å². The lowest BCUT2D eigenvalue weighted by molar-refractivity contribution is 0.0527. The van der Waals surface area contributed by atoms with Crippen LogP contribution in [-0.2, 0) is 4.74 Å². The molecule has 0 radical (unpaired) electrons. The normalized spacial score (nSPS) is 10.3. The van der Waals surface area contributed by atoms with Gasteiger partial charge in [0.2, 0.25) is 0 Å². The molecule has 1 heterocycles. The molecule has 6 nitrogen and oxygen atoms in total. The van der Waals surface area contributed by atoms with Gasteiger partial charge in [0.05, 0.1) is 29.7 Å². The van der Waals surface area contributed by atoms with E-state index in [0.29, 0.717) is 29.2 Å². The van der Waals surface area contributed by atoms with Gasteiger partial charge in [0.25, 0.3) is 5.91 Å². The van der Waals surface area contributed by atoms with Crippen LogP contribution in [0.5, 0.6) is 0 Å². The Hall–Kier alpha value is -3.67. The van der Waals surface area contributed by atoms with E-state index in [9.17, 15) is 9.59 Å². The zero-order valence-corrected chi connectivity index (χ0v) is 16.7. The van der Waals surface area contributed by atoms with Crippen molar-refractivity contribution in [1.29, 1.82) is 0 Å². The van der Waals surface area contributed by atoms with E-state index >= 15 is 0 Å². The minimum absolute atomic E-state index is 0.280. The topological polar surface area (TPSA) is 80.3 Å². The standard InChI is InChI=1S/C23H23N3O3/c1-4-29-23(28)18-7-5-6-8-19(18)25-17-11-12-20(24-14-17)22(27)26-21-13-15(2)9-10-16(21)3/h5-14,25H,4H2,1-3H3,(H,26,27). The highest BCUT2D eigenvalue weighted by atomic mass is 16.5. The molecule has 0 spiro atoms. The summed E-state index contributed by atoms with van der Waals surface area (Å²) in [7, 11) is 0. The van der Waals surface area contributed by atoms with Crippen molar-refractivity contribution in [2.75, 3.05) is 17.2 Å². The molecular weight excluding hydrogens is 366 g/mol. The second-order valence-electron chi connectivity index (χ2n) is 6.60. The molecule has 29 heavy (non-hydrogen) atoms. The molecular formula is C23H23N3O3. The van der Waals surface area contributed by atoms with Gasteiger partial charge in [-0.25, -0.2) is 9.78 Å². The maximum Gasteiger partial charge on any atom is 0.340 e. The van der Waals surface area contributed by atoms with Gasteiger partial charge in [-0.1, -0.05) is 24.3 Å². The van der Waals surface area contributed by atoms with E-state index in [2.05, 4.69) is 15.6 Å². The predicted molar refractivity (Wildman–Crippen MR) is 114 cm³/mol. The van der Waals surface area contributed by atoms with Crippen molar-refractivity contribution in [2.24, 2.45) is 0 Å². The van der Waals surface area contributed by atoms with Crippen LogP contribution in [0, 0.1) is 13.8 Å². The second-order valence-corrected chi connectivity index (χ2v) is 6.60. The van der Waals surface area contributed by atoms with Crippen LogP contribution in [0.4, 0.5) is 17.1 Å². The van der Waals surface area contributed by atoms with Gasteiger partial charge in [0.15, 0.2) is 0 Å². The van der Waals surface area contributed by atoms with Crippen LogP contribution in [0.25, 0.3) is 0 Å². The number of amides is 1. The SMILES string of the molecule is CCOC(=O)c1ccccc1Nc1ccc(C(=O)Nc2cc(C)ccc2C)nc1. The van der Waals surface area contributed by atoms with Gasteiger partial charge >= 0.3 is 5.97 Å². The third kappa shape index (κ3) is 4.99. The molecule has 0 saturated heterocycles. The second kappa shape index (κ2) is 9.01. The molecule has 0 atom stereocenters. The fraction of sp³-hybridized carbons (Fsp3) is 0.174. The van der Waals surface area contributed by atoms with Gasteiger partial charge in [-0.05, 0) is 62.2 Å². The zero-order valence-electron chi connectivity index (χ0n) is 16.7. The summed E-state index contributed by atoms with van der Waals surface area (Å²) in [5, 5.41) is 6.04. The minimum Gasteiger partial charge on any atom is -0.462 e. The third-order valence-corrected chi connectivity index (χ3v) is 4.34. The predicted octanol–water partition coefficient (Wildman–Crippen LogP) is 4.87. The zero-order chi connectivity index (χ0) is 20.8. The largest absolute Gasteiger partial charge is 0.462 e. The maximum atomic E-state index is 12.5. The van der Waals surface area contributed by atoms with Crippen molar-refractivity contribution in [3.05, 3.63) is 83.2 Å². The van der Waals surface area contributed by atoms with Gasteiger partial charge in [-0.15, -0.1) is 0 Å². The molecule has 2 N–H and O–H groups in total. The van der Waals surface area contributed by atoms with Crippen LogP contribution < -0.4 is 10.6 Å². The van der Waals surface area contributed by atoms with Crippen molar-refractivity contribution in [3.63, 3.8) is 0 Å². The number of aromatic nitrogens is 1. The van der Waals surface area contributed by atoms with Crippen LogP contribution in [0.2, 0.25) is 0 Å². The van der Waals surface area contributed by atoms with Crippen molar-refractivity contribution < 1.29 is 14.3 Å². The van der Waals surface area contributed by atoms with Gasteiger partial charge in [0.1, 0.15) is 5.69 Å². The smallest absolute Gasteiger partial charge is 0.340 e. The van der Waals surface area contributed by atoms with Crippen molar-refractivity contribution in [2.45, 2.75) is 20.8 Å². The number of ether oxygens (including phenoxy) is 1. The molecule has 0 aliphatic carbocycles. The number of nitrogens with one attached hydrogen (secondary N) is 2. The Labute approximate surface area is 169 Å². The lowest BCUT2D eigenvalue weighted by atomic mass is 10.1. The van der Waals surface area contributed by atoms with Crippen molar-refractivity contribution >= 4 is 28.9 Å². The third-order valence-electron chi connectivity index (χ3n) is 4.34. The van der Waals surface area contributed by atoms with Crippen molar-refractivity contribution in [1.82, 2.24) is 4.98 Å². The molecule has 0 aliphatic heterocycles. The number of nitrogens with zero attached hydrogens (tertiary/aromatic N) is 1. The molecule has 6 heteroatoms. The number of esters is 1. The average molecular weight is 389 g/mol. The van der Waals surface area contributed by atoms with Gasteiger partial charge in [-0.2, -0.15) is 0 Å². The lowest BCUT2D eigenvalue weighted by Crippen LogP contribution is -2.14. The van der Waals surface area contributed by atoms with E-state index in [1.807, 2.05) is 38.1 Å². The highest BCUT2D eigenvalue weighted by Crippen LogP contribution is 2.22. The van der Waals surface area contributed by atoms with E-state index in [-0.39, 0.29) is 5.91 Å². The molecule has 3 rings (SSSR count). The van der Waals surface area contributed by atoms with E-state index in [0.717, 1.165) is 16.8 Å². The Balaban J connectivity index is 1.73. The molecule has 0 fully saturated rings. The van der Waals surface area contributed by atoms with Crippen LogP contribution in [0.3, 0.4) is 0 Å². The molecule has 1 aromatic heterocycles. The maximum absolute atomic E-state index is 12.5. The summed E-state index contributed by atoms with van der Waals surface area (Å²) in [6, 6.07) is 16.3. The monoisotopic (exact) mass is 389 g/mol. The number of aryl methyl sites for hydroxylation is 2. The van der Waals surface area contributed by atoms with E-state index < -0.39 is 5.97 Å². The molecule has 148 valence electrons. The Morgan fingerprint density at radius 2 is 1.79 bits per heavy atom. The van der Waals surface area contributed by atoms with E-state index in [1.54, 1.807) is 43.5 Å². The number of carbonyl (C=O) groups is 2. The quantitative estimate of drug-likeness (QED) is 0.588. The molecule has 0 aliphatic rings. The molecule has 3 aromatic rings. The average Bonchev–Trinajstić information content (AvgIpc) is 2.72. The number of para-hydroxylation sites is 1. The Bertz CT molecular complexity index is 1030. The summed E-state index contributed by atoms with van der Waals surface area (Å²) < 4.78 is 5.08. The Kier molecular flexibility index (Phi) is 6.24. The first kappa shape index (κ1) is 20.1. The molecule has 0 saturated carbocycles. The first-order valence-corrected chi connectivity index (χ1v) is 9.35. The number of hydrogen-bond donors (Lipinski definition) is 2. The Morgan fingerprint density at radius 1 is 1.00 bits per heavy atom. The summed E-state index contributed by atoms with van der Waals surface area (Å²) in [4.78, 5) is 28.8. The number of benzene rings is 2. The minimum atomic E-state index is -0.395. The van der Waals surface area contributed by atoms with Crippen LogP contribution in [0.1, 0.15) is 38.9 Å². The molecule has 0 bridgehead atoms. The highest BCUT2D eigenvalue weighted by molar-refractivity contribution is 6.03. The van der Waals surface area contributed by atoms with Gasteiger partial charge in [-0.3, -0.25) is 4.79 Å². The Morgan fingerprint density at radius 3 is 2.52 bits per heavy atom. The van der Waals surface area contributed by atoms with Crippen LogP contribution in [-0.4, -0.2) is 23.5 Å². The van der Waals surface area contributed by atoms with Crippen LogP contribution >= 0.6 is 0 Å². The lowest BCUT2D eigenvalue weighted by Gasteiger charge is -2.12. The summed E-state index contributed by atoms with van der Waals surface area (Å²) in [5.74, 6) is -0.676. The van der Waals surface area contributed by atoms with Gasteiger partial charge < -0.3 is 15.4 Å². The fourth-order valence-corrected chi connectivity index (χ4v) is 2.79. The number of pyridine rings is 1. The first-order valence-electron chi connectivity index (χ1n) is 9.35. The number of rotatable bonds is 6. The number of hydrogen-bond acceptors (Lipinski definition) is 5. The number of carbonyl (C=O) groups excluding carboxylic acids is 2. The van der Waals surface area contributed by atoms with Crippen LogP contribution in [0.15, 0.2) is 60.8 Å². The summed E-state index contributed by atoms with van der Waals surface area (Å²) in [6.45, 7) is 5.98. The summed E-state index contributed by atoms with van der Waals surface area (Å²) in [6.07, 6.45) is 1.56. The molecule has 2 aromatic carbocycles. The fourth-order valence-electron chi connectivity index (χ4n) is 2.79. The van der Waals surface area contributed by atoms with Crippen molar-refractivity contribution in [3.8, 4) is 0 Å².